The maximum Gasteiger partial charge on any atom is 0.485 e. The second-order valence-electron chi connectivity index (χ2n) is 18.1. The van der Waals surface area contributed by atoms with Gasteiger partial charge in [-0.3, -0.25) is 9.97 Å². The topological polar surface area (TPSA) is 278 Å². The van der Waals surface area contributed by atoms with E-state index in [-0.39, 0.29) is 34.0 Å². The zero-order valence-corrected chi connectivity index (χ0v) is 52.7. The van der Waals surface area contributed by atoms with Gasteiger partial charge in [-0.25, -0.2) is 61.1 Å². The van der Waals surface area contributed by atoms with Gasteiger partial charge in [0.1, 0.15) is 0 Å². The average Bonchev–Trinajstić information content (AvgIpc) is 1.43. The van der Waals surface area contributed by atoms with Gasteiger partial charge in [0.05, 0.1) is 19.3 Å². The Morgan fingerprint density at radius 2 is 0.374 bits per heavy atom. The van der Waals surface area contributed by atoms with Crippen molar-refractivity contribution in [2.24, 2.45) is 0 Å². The Kier molecular flexibility index (Phi) is 30.9. The summed E-state index contributed by atoms with van der Waals surface area (Å²) in [6.45, 7) is 5.87. The van der Waals surface area contributed by atoms with Crippen LogP contribution in [0, 0.1) is 0 Å². The molecule has 0 spiro atoms. The molecule has 91 heavy (non-hydrogen) atoms. The molecular weight excluding hydrogens is 1460 g/mol. The second kappa shape index (κ2) is 35.1. The number of halogens is 14. The monoisotopic (exact) mass is 1500 g/mol. The highest BCUT2D eigenvalue weighted by atomic mass is 79.9. The number of aromatic nitrogens is 8. The Morgan fingerprint density at radius 1 is 0.264 bits per heavy atom. The number of hydrogen-bond acceptors (Lipinski definition) is 14. The molecule has 8 heterocycles. The fourth-order valence-corrected chi connectivity index (χ4v) is 7.19. The lowest BCUT2D eigenvalue weighted by Crippen LogP contribution is -3.00. The lowest BCUT2D eigenvalue weighted by atomic mass is 10.1. The zero-order valence-electron chi connectivity index (χ0n) is 46.2. The van der Waals surface area contributed by atoms with Crippen LogP contribution in [0.1, 0.15) is 19.3 Å². The average molecular weight is 1510 g/mol. The number of pyridine rings is 8. The maximum absolute atomic E-state index is 10.7. The first-order valence-electron chi connectivity index (χ1n) is 25.1. The van der Waals surface area contributed by atoms with Crippen molar-refractivity contribution in [1.29, 1.82) is 0 Å². The van der Waals surface area contributed by atoms with E-state index in [0.29, 0.717) is 0 Å². The largest absolute Gasteiger partial charge is 1.00 e. The van der Waals surface area contributed by atoms with Crippen LogP contribution in [0.3, 0.4) is 0 Å². The quantitative estimate of drug-likeness (QED) is 0.0547. The van der Waals surface area contributed by atoms with Crippen LogP contribution in [0.5, 0.6) is 0 Å². The van der Waals surface area contributed by atoms with E-state index < -0.39 is 62.5 Å². The molecule has 0 aliphatic carbocycles. The van der Waals surface area contributed by atoms with Gasteiger partial charge in [0.25, 0.3) is 0 Å². The molecule has 8 aromatic heterocycles. The van der Waals surface area contributed by atoms with Crippen LogP contribution in [0.4, 0.5) is 52.7 Å². The van der Waals surface area contributed by atoms with Gasteiger partial charge in [-0.05, 0) is 68.8 Å². The van der Waals surface area contributed by atoms with Crippen LogP contribution < -0.4 is 61.4 Å². The van der Waals surface area contributed by atoms with Gasteiger partial charge in [-0.1, -0.05) is 0 Å². The van der Waals surface area contributed by atoms with Gasteiger partial charge in [-0.15, -0.1) is 0 Å². The number of hydrogen-bond donors (Lipinski definition) is 0. The lowest BCUT2D eigenvalue weighted by molar-refractivity contribution is -0.727. The molecule has 38 heteroatoms. The molecule has 0 fully saturated rings. The van der Waals surface area contributed by atoms with Gasteiger partial charge >= 0.3 is 22.0 Å². The molecule has 0 atom stereocenters. The molecule has 0 saturated carbocycles. The maximum atomic E-state index is 10.7. The summed E-state index contributed by atoms with van der Waals surface area (Å²) < 4.78 is 249. The minimum atomic E-state index is -6.09. The number of alkyl halides is 12. The molecule has 0 saturated heterocycles. The van der Waals surface area contributed by atoms with Crippen molar-refractivity contribution in [2.75, 3.05) is 0 Å². The van der Waals surface area contributed by atoms with Gasteiger partial charge in [-0.2, -0.15) is 52.7 Å². The first kappa shape index (κ1) is 80.1. The third kappa shape index (κ3) is 28.2. The van der Waals surface area contributed by atoms with Crippen LogP contribution >= 0.6 is 0 Å². The molecule has 0 radical (unpaired) electrons. The molecule has 0 bridgehead atoms. The first-order valence-corrected chi connectivity index (χ1v) is 30.7. The predicted molar refractivity (Wildman–Crippen MR) is 281 cm³/mol. The Bertz CT molecular complexity index is 3620. The molecule has 0 aliphatic heterocycles. The highest BCUT2D eigenvalue weighted by molar-refractivity contribution is 7.87. The second-order valence-corrected chi connectivity index (χ2v) is 23.6. The van der Waals surface area contributed by atoms with E-state index in [1.165, 1.54) is 44.5 Å². The number of aryl methyl sites for hydroxylation is 6. The minimum absolute atomic E-state index is 0. The normalized spacial score (nSPS) is 11.9. The Hall–Kier alpha value is -7.04. The lowest BCUT2D eigenvalue weighted by Gasteiger charge is -2.08. The van der Waals surface area contributed by atoms with Crippen LogP contribution in [0.25, 0.3) is 44.5 Å². The fourth-order valence-electron chi connectivity index (χ4n) is 7.19. The van der Waals surface area contributed by atoms with Crippen molar-refractivity contribution in [2.45, 2.75) is 80.6 Å². The van der Waals surface area contributed by atoms with Gasteiger partial charge in [0.15, 0.2) is 154 Å². The van der Waals surface area contributed by atoms with Crippen molar-refractivity contribution >= 4 is 40.5 Å². The van der Waals surface area contributed by atoms with Crippen LogP contribution in [-0.2, 0) is 79.7 Å². The van der Waals surface area contributed by atoms with E-state index in [2.05, 4.69) is 185 Å². The smallest absolute Gasteiger partial charge is 0.485 e. The summed E-state index contributed by atoms with van der Waals surface area (Å²) in [5.41, 5.74) is -12.8. The summed E-state index contributed by atoms with van der Waals surface area (Å²) in [5.74, 6) is 0. The van der Waals surface area contributed by atoms with Crippen LogP contribution in [-0.4, -0.2) is 83.9 Å². The molecule has 496 valence electrons. The summed E-state index contributed by atoms with van der Waals surface area (Å²) in [5, 5.41) is 0. The number of rotatable bonds is 16. The Labute approximate surface area is 534 Å². The standard InChI is InChI=1S/C49H50N8.4CHF3O3S.2BrH/c1(24-52-30-8-44(9-31-52)42-4-20-50-21-5-42)26-54-34-12-46(13-35-54)48-16-38-56(39-17-48)28-3-29-57-40-18-49(19-41-57)47-14-36-55(37-15-47)27-2-25-53-32-10-45(11-33-53)43-6-22-51-23-7-43;4*2-1(3,4)8(5,6)7;;/h4-23,30-41H,1-3,24-29H2;4*(H,5,6,7);2*1H/q+6;;;;;;/p-6. The molecule has 0 aromatic carbocycles. The van der Waals surface area contributed by atoms with Gasteiger partial charge in [0, 0.05) is 97.6 Å². The van der Waals surface area contributed by atoms with E-state index in [1.807, 2.05) is 49.1 Å². The van der Waals surface area contributed by atoms with Gasteiger partial charge < -0.3 is 52.2 Å². The van der Waals surface area contributed by atoms with Crippen molar-refractivity contribution < 1.29 is 166 Å². The fraction of sp³-hybridized carbons (Fsp3) is 0.245. The molecular formula is C53H50Br2F12N8O12S4. The van der Waals surface area contributed by atoms with Crippen LogP contribution in [0.2, 0.25) is 0 Å². The predicted octanol–water partition coefficient (Wildman–Crippen LogP) is 0.354. The summed E-state index contributed by atoms with van der Waals surface area (Å²) in [6.07, 6.45) is 36.7. The molecule has 8 aromatic rings. The highest BCUT2D eigenvalue weighted by Crippen LogP contribution is 2.24. The highest BCUT2D eigenvalue weighted by Gasteiger charge is 2.39. The third-order valence-corrected chi connectivity index (χ3v) is 13.9. The third-order valence-electron chi connectivity index (χ3n) is 11.7. The molecule has 0 unspecified atom stereocenters. The summed E-state index contributed by atoms with van der Waals surface area (Å²) in [6, 6.07) is 34.6. The summed E-state index contributed by atoms with van der Waals surface area (Å²) in [7, 11) is -24.4. The summed E-state index contributed by atoms with van der Waals surface area (Å²) >= 11 is 0. The molecule has 20 nitrogen and oxygen atoms in total. The minimum Gasteiger partial charge on any atom is -1.00 e. The first-order chi connectivity index (χ1) is 41.2. The zero-order chi connectivity index (χ0) is 66.5. The van der Waals surface area contributed by atoms with E-state index >= 15 is 0 Å². The number of nitrogens with zero attached hydrogens (tertiary/aromatic N) is 8. The van der Waals surface area contributed by atoms with E-state index in [9.17, 15) is 52.7 Å². The van der Waals surface area contributed by atoms with E-state index in [0.717, 1.165) is 58.5 Å². The molecule has 0 N–H and O–H groups in total. The van der Waals surface area contributed by atoms with E-state index in [4.69, 9.17) is 51.9 Å². The van der Waals surface area contributed by atoms with Gasteiger partial charge in [0.2, 0.25) is 0 Å². The Morgan fingerprint density at radius 3 is 0.484 bits per heavy atom. The van der Waals surface area contributed by atoms with Crippen molar-refractivity contribution in [3.05, 3.63) is 196 Å². The van der Waals surface area contributed by atoms with E-state index in [1.54, 1.807) is 0 Å². The van der Waals surface area contributed by atoms with Crippen molar-refractivity contribution in [3.8, 4) is 44.5 Å². The SMILES string of the molecule is O=S(=O)([O-])C(F)(F)F.O=S(=O)([O-])C(F)(F)F.O=S(=O)([O-])C(F)(F)F.O=S(=O)([O-])C(F)(F)F.[Br-].[Br-].c1cc(-c2cc[n+](CCC[n+]3ccc(-c4cc[n+](CCC[n+]5ccc(-c6cc[n+](CCC[n+]7ccc(-c8ccncc8)cc7)cc6)cc5)cc4)cc3)cc2)ccn1. The van der Waals surface area contributed by atoms with Crippen LogP contribution in [0.15, 0.2) is 196 Å². The summed E-state index contributed by atoms with van der Waals surface area (Å²) in [4.78, 5) is 8.23. The van der Waals surface area contributed by atoms with Crippen molar-refractivity contribution in [3.63, 3.8) is 0 Å². The van der Waals surface area contributed by atoms with Crippen molar-refractivity contribution in [1.82, 2.24) is 9.97 Å². The Balaban J connectivity index is 0.000000681. The molecule has 0 amide bonds. The molecule has 0 aliphatic rings. The molecule has 8 rings (SSSR count).